The number of hydrogen-bond acceptors (Lipinski definition) is 20. The SMILES string of the molecule is CCc1cncc(CC(=O)Cc2cnc(-n3nccn3)c(Cl)c2)c1C(C)OC.CN.CNc1cncc(N)c1C(C)OC.COC(C)c1c(Br)cncc1CC(=O)OC(C)(C)C.Cl.O=C=Nc1cnc(-n2nccn2)c(Cl)c1. The zero-order chi connectivity index (χ0) is 57.2. The van der Waals surface area contributed by atoms with Gasteiger partial charge in [0.1, 0.15) is 11.4 Å². The van der Waals surface area contributed by atoms with Gasteiger partial charge in [0.25, 0.3) is 0 Å². The van der Waals surface area contributed by atoms with E-state index >= 15 is 0 Å². The van der Waals surface area contributed by atoms with E-state index in [4.69, 9.17) is 47.9 Å². The first-order valence-corrected chi connectivity index (χ1v) is 25.3. The van der Waals surface area contributed by atoms with Gasteiger partial charge in [-0.1, -0.05) is 30.1 Å². The van der Waals surface area contributed by atoms with Crippen LogP contribution in [0.1, 0.15) is 106 Å². The molecule has 0 saturated heterocycles. The van der Waals surface area contributed by atoms with Crippen molar-refractivity contribution in [1.29, 1.82) is 0 Å². The fourth-order valence-corrected chi connectivity index (χ4v) is 8.36. The minimum Gasteiger partial charge on any atom is -0.460 e. The van der Waals surface area contributed by atoms with E-state index in [0.717, 1.165) is 55.5 Å². The fourth-order valence-electron chi connectivity index (χ4n) is 7.16. The lowest BCUT2D eigenvalue weighted by Gasteiger charge is -2.21. The Morgan fingerprint density at radius 1 is 0.718 bits per heavy atom. The number of nitrogens with two attached hydrogens (primary N) is 2. The Morgan fingerprint density at radius 3 is 1.71 bits per heavy atom. The number of esters is 1. The van der Waals surface area contributed by atoms with Crippen LogP contribution < -0.4 is 16.8 Å². The van der Waals surface area contributed by atoms with Gasteiger partial charge in [-0.25, -0.2) is 14.8 Å². The number of nitrogens with zero attached hydrogens (tertiary/aromatic N) is 12. The number of Topliss-reactive ketones (excluding diaryl/α,β-unsaturated/α-hetero) is 1. The first-order valence-electron chi connectivity index (χ1n) is 23.8. The summed E-state index contributed by atoms with van der Waals surface area (Å²) in [6.07, 6.45) is 22.2. The third kappa shape index (κ3) is 20.6. The van der Waals surface area contributed by atoms with Crippen molar-refractivity contribution in [2.45, 2.75) is 98.1 Å². The summed E-state index contributed by atoms with van der Waals surface area (Å²) in [5.74, 6) is 0.602. The van der Waals surface area contributed by atoms with Gasteiger partial charge in [0.05, 0.1) is 95.2 Å². The highest BCUT2D eigenvalue weighted by Crippen LogP contribution is 2.31. The number of nitrogens with one attached hydrogen (secondary N) is 1. The zero-order valence-corrected chi connectivity index (χ0v) is 49.5. The molecule has 0 aliphatic rings. The number of carbonyl (C=O) groups is 2. The number of nitrogen functional groups attached to an aromatic ring is 1. The Kier molecular flexibility index (Phi) is 29.6. The molecule has 78 heavy (non-hydrogen) atoms. The van der Waals surface area contributed by atoms with E-state index in [0.29, 0.717) is 33.1 Å². The second-order valence-corrected chi connectivity index (χ2v) is 18.8. The fraction of sp³-hybridized carbons (Fsp3) is 0.385. The molecular formula is C52H67BrCl3N15O7. The molecule has 0 spiro atoms. The molecule has 22 nitrogen and oxygen atoms in total. The number of rotatable bonds is 17. The van der Waals surface area contributed by atoms with Crippen molar-refractivity contribution in [2.75, 3.05) is 46.5 Å². The van der Waals surface area contributed by atoms with Crippen LogP contribution >= 0.6 is 51.5 Å². The molecule has 3 unspecified atom stereocenters. The number of halogens is 4. The minimum absolute atomic E-state index is 0. The first kappa shape index (κ1) is 67.4. The molecule has 26 heteroatoms. The number of ketones is 1. The number of carbonyl (C=O) groups excluding carboxylic acids is 3. The molecule has 5 N–H and O–H groups in total. The van der Waals surface area contributed by atoms with Gasteiger partial charge in [-0.2, -0.15) is 25.4 Å². The Hall–Kier alpha value is -6.66. The van der Waals surface area contributed by atoms with E-state index in [1.165, 1.54) is 47.4 Å². The van der Waals surface area contributed by atoms with Crippen molar-refractivity contribution >= 4 is 86.4 Å². The van der Waals surface area contributed by atoms with Crippen LogP contribution in [0.15, 0.2) is 96.0 Å². The molecular weight excluding hydrogens is 1130 g/mol. The van der Waals surface area contributed by atoms with Gasteiger partial charge in [-0.15, -0.1) is 22.0 Å². The highest BCUT2D eigenvalue weighted by molar-refractivity contribution is 9.10. The second kappa shape index (κ2) is 34.3. The number of aliphatic imine (C=N–C) groups is 1. The summed E-state index contributed by atoms with van der Waals surface area (Å²) in [7, 11) is 8.29. The molecule has 0 saturated carbocycles. The van der Waals surface area contributed by atoms with E-state index in [2.05, 4.69) is 84.2 Å². The highest BCUT2D eigenvalue weighted by atomic mass is 79.9. The van der Waals surface area contributed by atoms with Crippen LogP contribution in [0.3, 0.4) is 0 Å². The Morgan fingerprint density at radius 2 is 1.21 bits per heavy atom. The lowest BCUT2D eigenvalue weighted by Crippen LogP contribution is -2.25. The van der Waals surface area contributed by atoms with Gasteiger partial charge in [0.2, 0.25) is 6.08 Å². The molecule has 0 fully saturated rings. The van der Waals surface area contributed by atoms with Crippen LogP contribution in [-0.4, -0.2) is 114 Å². The number of isocyanates is 1. The maximum Gasteiger partial charge on any atom is 0.310 e. The van der Waals surface area contributed by atoms with Crippen LogP contribution in [0.4, 0.5) is 17.1 Å². The quantitative estimate of drug-likeness (QED) is 0.0434. The molecule has 7 rings (SSSR count). The molecule has 0 amide bonds. The molecule has 0 aromatic carbocycles. The Labute approximate surface area is 479 Å². The molecule has 7 aromatic rings. The number of anilines is 2. The number of methoxy groups -OCH3 is 3. The number of hydrogen-bond donors (Lipinski definition) is 3. The highest BCUT2D eigenvalue weighted by Gasteiger charge is 2.22. The third-order valence-electron chi connectivity index (χ3n) is 10.7. The van der Waals surface area contributed by atoms with Crippen molar-refractivity contribution in [3.8, 4) is 11.6 Å². The minimum atomic E-state index is -0.483. The number of pyridine rings is 5. The average molecular weight is 1200 g/mol. The van der Waals surface area contributed by atoms with Crippen LogP contribution in [0.5, 0.6) is 0 Å². The summed E-state index contributed by atoms with van der Waals surface area (Å²) >= 11 is 15.6. The van der Waals surface area contributed by atoms with E-state index in [1.54, 1.807) is 77.0 Å². The standard InChI is InChI=1S/C20H22ClN5O2.C14H20BrNO3.C9H15N3O.C8H4ClN5O.CH5N.ClH/c1-4-15-11-22-12-16(19(15)13(2)28-3)9-17(27)7-14-8-18(21)20(23-10-14)26-24-5-6-25-26;1-9(18-5)13-10(7-16-8-11(13)15)6-12(17)19-14(2,3)4;1-6(13-3)9-7(10)4-12-5-8(9)11-2;9-7-3-6(11-5-15)4-10-8(7)14-12-1-2-13-14;1-2;/h5-6,8,10-13H,4,7,9H2,1-3H3;7-9H,6H2,1-5H3;4-6,11H,10H2,1-3H3;1-4H;2H2,1H3;1H. The molecule has 0 bridgehead atoms. The summed E-state index contributed by atoms with van der Waals surface area (Å²) in [5.41, 5.74) is 18.2. The maximum atomic E-state index is 12.7. The van der Waals surface area contributed by atoms with E-state index < -0.39 is 5.60 Å². The van der Waals surface area contributed by atoms with Crippen molar-refractivity contribution in [3.05, 3.63) is 140 Å². The van der Waals surface area contributed by atoms with Crippen LogP contribution in [0.2, 0.25) is 10.0 Å². The van der Waals surface area contributed by atoms with Crippen molar-refractivity contribution in [3.63, 3.8) is 0 Å². The predicted molar refractivity (Wildman–Crippen MR) is 305 cm³/mol. The summed E-state index contributed by atoms with van der Waals surface area (Å²) in [6, 6.07) is 3.21. The van der Waals surface area contributed by atoms with Crippen LogP contribution in [0.25, 0.3) is 11.6 Å². The molecule has 3 atom stereocenters. The largest absolute Gasteiger partial charge is 0.460 e. The van der Waals surface area contributed by atoms with Crippen LogP contribution in [-0.2, 0) is 59.0 Å². The van der Waals surface area contributed by atoms with Gasteiger partial charge in [0.15, 0.2) is 11.6 Å². The van der Waals surface area contributed by atoms with Gasteiger partial charge in [-0.05, 0) is 111 Å². The molecule has 420 valence electrons. The van der Waals surface area contributed by atoms with E-state index in [9.17, 15) is 14.4 Å². The second-order valence-electron chi connectivity index (χ2n) is 17.1. The lowest BCUT2D eigenvalue weighted by atomic mass is 9.94. The third-order valence-corrected chi connectivity index (χ3v) is 11.9. The van der Waals surface area contributed by atoms with Gasteiger partial charge < -0.3 is 35.7 Å². The number of ether oxygens (including phenoxy) is 4. The summed E-state index contributed by atoms with van der Waals surface area (Å²) in [6.45, 7) is 13.5. The topological polar surface area (TPSA) is 290 Å². The monoisotopic (exact) mass is 1200 g/mol. The van der Waals surface area contributed by atoms with Crippen molar-refractivity contribution in [2.24, 2.45) is 10.7 Å². The maximum absolute atomic E-state index is 12.7. The molecule has 0 radical (unpaired) electrons. The average Bonchev–Trinajstić information content (AvgIpc) is 4.15. The van der Waals surface area contributed by atoms with E-state index in [1.807, 2.05) is 54.8 Å². The van der Waals surface area contributed by atoms with E-state index in [-0.39, 0.29) is 61.7 Å². The number of aryl methyl sites for hydroxylation is 1. The normalized spacial score (nSPS) is 11.6. The molecule has 7 aromatic heterocycles. The first-order chi connectivity index (χ1) is 36.8. The predicted octanol–water partition coefficient (Wildman–Crippen LogP) is 9.46. The summed E-state index contributed by atoms with van der Waals surface area (Å²) in [4.78, 5) is 61.2. The smallest absolute Gasteiger partial charge is 0.310 e. The number of aromatic nitrogens is 11. The van der Waals surface area contributed by atoms with Crippen molar-refractivity contribution < 1.29 is 33.3 Å². The van der Waals surface area contributed by atoms with Crippen molar-refractivity contribution in [1.82, 2.24) is 54.9 Å². The van der Waals surface area contributed by atoms with Crippen LogP contribution in [0, 0.1) is 0 Å². The molecule has 0 aliphatic carbocycles. The lowest BCUT2D eigenvalue weighted by molar-refractivity contribution is -0.154. The summed E-state index contributed by atoms with van der Waals surface area (Å²) < 4.78 is 22.2. The van der Waals surface area contributed by atoms with Gasteiger partial charge >= 0.3 is 5.97 Å². The Balaban J connectivity index is 0.000000366. The van der Waals surface area contributed by atoms with Gasteiger partial charge in [-0.3, -0.25) is 24.5 Å². The zero-order valence-electron chi connectivity index (χ0n) is 45.6. The van der Waals surface area contributed by atoms with Gasteiger partial charge in [0, 0.05) is 87.8 Å². The summed E-state index contributed by atoms with van der Waals surface area (Å²) in [5, 5.41) is 19.5. The molecule has 0 aliphatic heterocycles. The Bertz CT molecular complexity index is 3000. The molecule has 7 heterocycles.